The minimum absolute atomic E-state index is 0.132. The maximum absolute atomic E-state index is 13.6. The van der Waals surface area contributed by atoms with E-state index in [1.54, 1.807) is 24.3 Å². The van der Waals surface area contributed by atoms with Gasteiger partial charge in [-0.2, -0.15) is 4.37 Å². The van der Waals surface area contributed by atoms with Gasteiger partial charge in [0.2, 0.25) is 6.43 Å². The maximum atomic E-state index is 13.6. The number of hydrogen-bond acceptors (Lipinski definition) is 7. The normalized spacial score (nSPS) is 23.1. The van der Waals surface area contributed by atoms with Gasteiger partial charge >= 0.3 is 0 Å². The molecule has 0 bridgehead atoms. The summed E-state index contributed by atoms with van der Waals surface area (Å²) >= 11 is 1.04. The van der Waals surface area contributed by atoms with Gasteiger partial charge in [0, 0.05) is 30.0 Å². The standard InChI is InChI=1S/C24H24F3N3O3S2/c25-17-3-1-15(2-4-17)21-11-16(24(26)27)7-9-30(21)20-8-10-33-22-12-18(5-6-19(20)22)35(31,32)13-23-28-14-29-34-23/h1-6,12,14,16,20-21,24H,7-11,13H2/t16-,20+,21+/m0/s1. The van der Waals surface area contributed by atoms with E-state index in [-0.39, 0.29) is 35.0 Å². The second-order valence-electron chi connectivity index (χ2n) is 8.87. The fraction of sp³-hybridized carbons (Fsp3) is 0.417. The molecule has 0 spiro atoms. The number of aromatic nitrogens is 2. The van der Waals surface area contributed by atoms with E-state index < -0.39 is 22.2 Å². The Hall–Kier alpha value is -2.50. The summed E-state index contributed by atoms with van der Waals surface area (Å²) in [7, 11) is -3.64. The Morgan fingerprint density at radius 3 is 2.63 bits per heavy atom. The molecule has 1 saturated heterocycles. The van der Waals surface area contributed by atoms with E-state index in [4.69, 9.17) is 4.74 Å². The van der Waals surface area contributed by atoms with Crippen molar-refractivity contribution in [1.29, 1.82) is 0 Å². The van der Waals surface area contributed by atoms with Crippen molar-refractivity contribution in [3.8, 4) is 5.75 Å². The number of piperidine rings is 1. The number of likely N-dealkylation sites (tertiary alicyclic amines) is 1. The quantitative estimate of drug-likeness (QED) is 0.443. The Morgan fingerprint density at radius 1 is 1.11 bits per heavy atom. The lowest BCUT2D eigenvalue weighted by molar-refractivity contribution is -0.0134. The summed E-state index contributed by atoms with van der Waals surface area (Å²) in [6.07, 6.45) is 0.176. The molecule has 0 aliphatic carbocycles. The molecule has 0 N–H and O–H groups in total. The van der Waals surface area contributed by atoms with E-state index in [1.165, 1.54) is 24.5 Å². The van der Waals surface area contributed by atoms with Crippen LogP contribution in [0, 0.1) is 11.7 Å². The Morgan fingerprint density at radius 2 is 1.91 bits per heavy atom. The molecule has 0 saturated carbocycles. The Bertz CT molecular complexity index is 1270. The monoisotopic (exact) mass is 523 g/mol. The van der Waals surface area contributed by atoms with Crippen LogP contribution in [-0.2, 0) is 15.6 Å². The molecule has 186 valence electrons. The van der Waals surface area contributed by atoms with Gasteiger partial charge in [0.15, 0.2) is 9.84 Å². The van der Waals surface area contributed by atoms with Gasteiger partial charge in [-0.3, -0.25) is 4.90 Å². The van der Waals surface area contributed by atoms with Crippen LogP contribution >= 0.6 is 11.5 Å². The molecule has 0 amide bonds. The zero-order chi connectivity index (χ0) is 24.6. The van der Waals surface area contributed by atoms with Gasteiger partial charge in [-0.15, -0.1) is 0 Å². The lowest BCUT2D eigenvalue weighted by Gasteiger charge is -2.45. The zero-order valence-electron chi connectivity index (χ0n) is 18.7. The third-order valence-corrected chi connectivity index (χ3v) is 9.24. The average molecular weight is 524 g/mol. The van der Waals surface area contributed by atoms with E-state index >= 15 is 0 Å². The van der Waals surface area contributed by atoms with Crippen molar-refractivity contribution in [2.75, 3.05) is 13.2 Å². The SMILES string of the molecule is O=S(=O)(Cc1ncns1)c1ccc2c(c1)OCC[C@H]2N1CC[C@H](C(F)F)C[C@@H]1c1ccc(F)cc1. The van der Waals surface area contributed by atoms with Crippen molar-refractivity contribution in [2.24, 2.45) is 5.92 Å². The molecule has 0 unspecified atom stereocenters. The number of benzene rings is 2. The number of fused-ring (bicyclic) bond motifs is 1. The van der Waals surface area contributed by atoms with Gasteiger partial charge in [-0.25, -0.2) is 26.6 Å². The molecule has 0 radical (unpaired) electrons. The van der Waals surface area contributed by atoms with Crippen LogP contribution in [0.4, 0.5) is 13.2 Å². The van der Waals surface area contributed by atoms with E-state index in [2.05, 4.69) is 14.3 Å². The number of rotatable bonds is 6. The molecule has 1 fully saturated rings. The molecule has 5 rings (SSSR count). The largest absolute Gasteiger partial charge is 0.493 e. The first-order valence-electron chi connectivity index (χ1n) is 11.4. The topological polar surface area (TPSA) is 72.4 Å². The van der Waals surface area contributed by atoms with Crippen molar-refractivity contribution in [2.45, 2.75) is 48.4 Å². The van der Waals surface area contributed by atoms with Crippen molar-refractivity contribution in [3.63, 3.8) is 0 Å². The fourth-order valence-corrected chi connectivity index (χ4v) is 7.13. The molecular formula is C24H24F3N3O3S2. The van der Waals surface area contributed by atoms with Crippen LogP contribution in [0.25, 0.3) is 0 Å². The van der Waals surface area contributed by atoms with E-state index in [0.29, 0.717) is 36.8 Å². The molecule has 11 heteroatoms. The third kappa shape index (κ3) is 5.07. The summed E-state index contributed by atoms with van der Waals surface area (Å²) in [5.41, 5.74) is 1.62. The Balaban J connectivity index is 1.45. The summed E-state index contributed by atoms with van der Waals surface area (Å²) in [5.74, 6) is -0.865. The first-order valence-corrected chi connectivity index (χ1v) is 13.8. The number of sulfone groups is 1. The minimum Gasteiger partial charge on any atom is -0.493 e. The smallest absolute Gasteiger partial charge is 0.241 e. The molecular weight excluding hydrogens is 499 g/mol. The van der Waals surface area contributed by atoms with Crippen molar-refractivity contribution in [3.05, 3.63) is 70.7 Å². The van der Waals surface area contributed by atoms with E-state index in [9.17, 15) is 21.6 Å². The summed E-state index contributed by atoms with van der Waals surface area (Å²) in [4.78, 5) is 6.28. The average Bonchev–Trinajstić information content (AvgIpc) is 3.36. The van der Waals surface area contributed by atoms with Gasteiger partial charge in [-0.1, -0.05) is 18.2 Å². The highest BCUT2D eigenvalue weighted by Gasteiger charge is 2.39. The van der Waals surface area contributed by atoms with Crippen LogP contribution in [0.1, 0.15) is 47.5 Å². The van der Waals surface area contributed by atoms with Gasteiger partial charge in [0.05, 0.1) is 11.5 Å². The van der Waals surface area contributed by atoms with Gasteiger partial charge < -0.3 is 4.74 Å². The molecule has 3 aromatic rings. The maximum Gasteiger partial charge on any atom is 0.241 e. The number of alkyl halides is 2. The van der Waals surface area contributed by atoms with Crippen LogP contribution in [0.3, 0.4) is 0 Å². The summed E-state index contributed by atoms with van der Waals surface area (Å²) < 4.78 is 76.3. The summed E-state index contributed by atoms with van der Waals surface area (Å²) in [5, 5.41) is 0.408. The third-order valence-electron chi connectivity index (χ3n) is 6.77. The first kappa shape index (κ1) is 24.2. The Kier molecular flexibility index (Phi) is 6.82. The van der Waals surface area contributed by atoms with Crippen molar-refractivity contribution < 1.29 is 26.3 Å². The molecule has 2 aliphatic heterocycles. The molecule has 2 aliphatic rings. The van der Waals surface area contributed by atoms with E-state index in [1.807, 2.05) is 0 Å². The number of ether oxygens (including phenoxy) is 1. The second-order valence-corrected chi connectivity index (χ2v) is 11.7. The van der Waals surface area contributed by atoms with Gasteiger partial charge in [0.1, 0.15) is 28.7 Å². The number of halogens is 3. The second kappa shape index (κ2) is 9.87. The lowest BCUT2D eigenvalue weighted by atomic mass is 9.84. The zero-order valence-corrected chi connectivity index (χ0v) is 20.3. The van der Waals surface area contributed by atoms with Crippen LogP contribution in [0.15, 0.2) is 53.7 Å². The molecule has 3 atom stereocenters. The molecule has 2 aromatic carbocycles. The highest BCUT2D eigenvalue weighted by molar-refractivity contribution is 7.90. The molecule has 35 heavy (non-hydrogen) atoms. The van der Waals surface area contributed by atoms with Crippen LogP contribution in [0.2, 0.25) is 0 Å². The summed E-state index contributed by atoms with van der Waals surface area (Å²) in [6.45, 7) is 0.834. The predicted molar refractivity (Wildman–Crippen MR) is 125 cm³/mol. The predicted octanol–water partition coefficient (Wildman–Crippen LogP) is 5.19. The molecule has 3 heterocycles. The minimum atomic E-state index is -3.64. The lowest BCUT2D eigenvalue weighted by Crippen LogP contribution is -2.42. The highest BCUT2D eigenvalue weighted by atomic mass is 32.2. The van der Waals surface area contributed by atoms with Crippen molar-refractivity contribution >= 4 is 21.4 Å². The molecule has 6 nitrogen and oxygen atoms in total. The first-order chi connectivity index (χ1) is 16.8. The van der Waals surface area contributed by atoms with Crippen LogP contribution < -0.4 is 4.74 Å². The highest BCUT2D eigenvalue weighted by Crippen LogP contribution is 2.46. The number of nitrogens with zero attached hydrogens (tertiary/aromatic N) is 3. The summed E-state index contributed by atoms with van der Waals surface area (Å²) in [6, 6.07) is 10.4. The van der Waals surface area contributed by atoms with E-state index in [0.717, 1.165) is 22.7 Å². The van der Waals surface area contributed by atoms with Crippen molar-refractivity contribution in [1.82, 2.24) is 14.3 Å². The van der Waals surface area contributed by atoms with Crippen LogP contribution in [-0.4, -0.2) is 42.3 Å². The molecule has 1 aromatic heterocycles. The number of hydrogen-bond donors (Lipinski definition) is 0. The van der Waals surface area contributed by atoms with Gasteiger partial charge in [0.25, 0.3) is 0 Å². The van der Waals surface area contributed by atoms with Gasteiger partial charge in [-0.05, 0) is 60.7 Å². The van der Waals surface area contributed by atoms with Crippen LogP contribution in [0.5, 0.6) is 5.75 Å². The fourth-order valence-electron chi connectivity index (χ4n) is 5.02. The Labute approximate surface area is 205 Å².